The highest BCUT2D eigenvalue weighted by atomic mass is 35.5. The van der Waals surface area contributed by atoms with Crippen molar-refractivity contribution in [1.29, 1.82) is 0 Å². The average Bonchev–Trinajstić information content (AvgIpc) is 2.87. The van der Waals surface area contributed by atoms with Crippen molar-refractivity contribution >= 4 is 44.8 Å². The lowest BCUT2D eigenvalue weighted by atomic mass is 10.1. The van der Waals surface area contributed by atoms with Crippen LogP contribution in [0.4, 0.5) is 5.69 Å². The van der Waals surface area contributed by atoms with Crippen LogP contribution in [-0.4, -0.2) is 20.4 Å². The van der Waals surface area contributed by atoms with Gasteiger partial charge in [0.25, 0.3) is 0 Å². The van der Waals surface area contributed by atoms with E-state index in [2.05, 4.69) is 10.0 Å². The van der Waals surface area contributed by atoms with Gasteiger partial charge in [-0.05, 0) is 54.4 Å². The smallest absolute Gasteiger partial charge is 0.243 e. The van der Waals surface area contributed by atoms with Gasteiger partial charge in [0.1, 0.15) is 16.7 Å². The molecular formula is C27H22Cl2N2O4S. The number of ether oxygens (including phenoxy) is 1. The van der Waals surface area contributed by atoms with Gasteiger partial charge in [-0.15, -0.1) is 0 Å². The van der Waals surface area contributed by atoms with Crippen molar-refractivity contribution in [3.8, 4) is 11.5 Å². The van der Waals surface area contributed by atoms with Crippen LogP contribution in [0.25, 0.3) is 0 Å². The molecule has 0 heterocycles. The van der Waals surface area contributed by atoms with E-state index in [0.717, 1.165) is 5.56 Å². The summed E-state index contributed by atoms with van der Waals surface area (Å²) in [7, 11) is -4.19. The summed E-state index contributed by atoms with van der Waals surface area (Å²) in [5.74, 6) is 0.442. The highest BCUT2D eigenvalue weighted by Gasteiger charge is 2.28. The van der Waals surface area contributed by atoms with Gasteiger partial charge in [0, 0.05) is 5.02 Å². The number of hydrogen-bond acceptors (Lipinski definition) is 4. The Bertz CT molecular complexity index is 1450. The van der Waals surface area contributed by atoms with E-state index in [1.54, 1.807) is 36.4 Å². The maximum Gasteiger partial charge on any atom is 0.243 e. The van der Waals surface area contributed by atoms with Gasteiger partial charge >= 0.3 is 0 Å². The molecule has 0 bridgehead atoms. The third kappa shape index (κ3) is 6.65. The molecule has 184 valence electrons. The van der Waals surface area contributed by atoms with Crippen LogP contribution in [0.5, 0.6) is 11.5 Å². The highest BCUT2D eigenvalue weighted by Crippen LogP contribution is 2.30. The van der Waals surface area contributed by atoms with Crippen LogP contribution in [0.3, 0.4) is 0 Å². The van der Waals surface area contributed by atoms with Gasteiger partial charge in [-0.3, -0.25) is 4.79 Å². The van der Waals surface area contributed by atoms with Crippen molar-refractivity contribution in [1.82, 2.24) is 4.72 Å². The Hall–Kier alpha value is -3.36. The first-order valence-corrected chi connectivity index (χ1v) is 13.2. The van der Waals surface area contributed by atoms with Crippen LogP contribution in [0.1, 0.15) is 5.56 Å². The van der Waals surface area contributed by atoms with Crippen LogP contribution in [-0.2, 0) is 21.2 Å². The Morgan fingerprint density at radius 2 is 1.47 bits per heavy atom. The van der Waals surface area contributed by atoms with Crippen molar-refractivity contribution in [3.63, 3.8) is 0 Å². The number of carbonyl (C=O) groups excluding carboxylic acids is 1. The van der Waals surface area contributed by atoms with Gasteiger partial charge in [-0.25, -0.2) is 8.42 Å². The van der Waals surface area contributed by atoms with Crippen LogP contribution in [0.15, 0.2) is 108 Å². The Morgan fingerprint density at radius 3 is 2.19 bits per heavy atom. The van der Waals surface area contributed by atoms with Crippen molar-refractivity contribution in [3.05, 3.63) is 119 Å². The van der Waals surface area contributed by atoms with Crippen LogP contribution in [0, 0.1) is 0 Å². The molecule has 0 aliphatic heterocycles. The molecular weight excluding hydrogens is 519 g/mol. The average molecular weight is 541 g/mol. The molecule has 1 atom stereocenters. The summed E-state index contributed by atoms with van der Waals surface area (Å²) in [5, 5.41) is 3.00. The Balaban J connectivity index is 1.62. The summed E-state index contributed by atoms with van der Waals surface area (Å²) in [6, 6.07) is 28.1. The van der Waals surface area contributed by atoms with E-state index in [-0.39, 0.29) is 21.4 Å². The summed E-state index contributed by atoms with van der Waals surface area (Å²) < 4.78 is 34.8. The fraction of sp³-hybridized carbons (Fsp3) is 0.0741. The standard InChI is InChI=1S/C27H22Cl2N2O4S/c28-20-15-16-22(29)26(18-20)36(33,34)31-24(17-19-9-3-1-4-10-19)27(32)30-23-13-7-8-14-25(23)35-21-11-5-2-6-12-21/h1-16,18,24,31H,17H2,(H,30,32)/t24-/m0/s1. The van der Waals surface area contributed by atoms with Crippen molar-refractivity contribution in [2.75, 3.05) is 5.32 Å². The fourth-order valence-corrected chi connectivity index (χ4v) is 5.42. The number of rotatable bonds is 9. The first-order valence-electron chi connectivity index (χ1n) is 11.0. The number of carbonyl (C=O) groups is 1. The van der Waals surface area contributed by atoms with Crippen LogP contribution < -0.4 is 14.8 Å². The molecule has 4 rings (SSSR count). The van der Waals surface area contributed by atoms with Gasteiger partial charge in [0.2, 0.25) is 15.9 Å². The van der Waals surface area contributed by atoms with Crippen molar-refractivity contribution in [2.24, 2.45) is 0 Å². The second-order valence-electron chi connectivity index (χ2n) is 7.84. The molecule has 1 amide bonds. The molecule has 0 saturated carbocycles. The largest absolute Gasteiger partial charge is 0.455 e. The van der Waals surface area contributed by atoms with E-state index in [0.29, 0.717) is 17.2 Å². The maximum atomic E-state index is 13.4. The molecule has 36 heavy (non-hydrogen) atoms. The second-order valence-corrected chi connectivity index (χ2v) is 10.4. The number of nitrogens with one attached hydrogen (secondary N) is 2. The second kappa shape index (κ2) is 11.6. The molecule has 0 spiro atoms. The number of hydrogen-bond donors (Lipinski definition) is 2. The third-order valence-electron chi connectivity index (χ3n) is 5.20. The van der Waals surface area contributed by atoms with Gasteiger partial charge < -0.3 is 10.1 Å². The summed E-state index contributed by atoms with van der Waals surface area (Å²) in [6.07, 6.45) is 0.103. The summed E-state index contributed by atoms with van der Waals surface area (Å²) in [5.41, 5.74) is 1.16. The molecule has 4 aromatic carbocycles. The minimum absolute atomic E-state index is 0.00706. The number of anilines is 1. The van der Waals surface area contributed by atoms with Gasteiger partial charge in [0.05, 0.1) is 10.7 Å². The summed E-state index contributed by atoms with van der Waals surface area (Å²) in [6.45, 7) is 0. The lowest BCUT2D eigenvalue weighted by Crippen LogP contribution is -2.45. The molecule has 0 aliphatic rings. The molecule has 6 nitrogen and oxygen atoms in total. The van der Waals surface area contributed by atoms with Crippen molar-refractivity contribution in [2.45, 2.75) is 17.4 Å². The Labute approximate surface area is 219 Å². The molecule has 0 saturated heterocycles. The van der Waals surface area contributed by atoms with Gasteiger partial charge in [-0.2, -0.15) is 4.72 Å². The number of amides is 1. The fourth-order valence-electron chi connectivity index (χ4n) is 3.47. The van der Waals surface area contributed by atoms with Crippen LogP contribution >= 0.6 is 23.2 Å². The van der Waals surface area contributed by atoms with E-state index in [1.807, 2.05) is 48.5 Å². The molecule has 9 heteroatoms. The lowest BCUT2D eigenvalue weighted by molar-refractivity contribution is -0.117. The quantitative estimate of drug-likeness (QED) is 0.260. The normalized spacial score (nSPS) is 12.1. The molecule has 0 fully saturated rings. The van der Waals surface area contributed by atoms with Crippen molar-refractivity contribution < 1.29 is 17.9 Å². The van der Waals surface area contributed by atoms with E-state index < -0.39 is 22.0 Å². The first-order chi connectivity index (χ1) is 17.3. The monoisotopic (exact) mass is 540 g/mol. The van der Waals surface area contributed by atoms with E-state index in [9.17, 15) is 13.2 Å². The van der Waals surface area contributed by atoms with E-state index in [1.165, 1.54) is 18.2 Å². The van der Waals surface area contributed by atoms with E-state index in [4.69, 9.17) is 27.9 Å². The zero-order valence-corrected chi connectivity index (χ0v) is 21.2. The Kier molecular flexibility index (Phi) is 8.28. The van der Waals surface area contributed by atoms with Gasteiger partial charge in [-0.1, -0.05) is 83.9 Å². The minimum atomic E-state index is -4.19. The summed E-state index contributed by atoms with van der Waals surface area (Å²) >= 11 is 12.1. The third-order valence-corrected chi connectivity index (χ3v) is 7.38. The number of para-hydroxylation sites is 3. The zero-order valence-electron chi connectivity index (χ0n) is 18.9. The number of sulfonamides is 1. The predicted octanol–water partition coefficient (Wildman–Crippen LogP) is 6.31. The molecule has 4 aromatic rings. The first kappa shape index (κ1) is 25.7. The SMILES string of the molecule is O=C(Nc1ccccc1Oc1ccccc1)[C@H](Cc1ccccc1)NS(=O)(=O)c1cc(Cl)ccc1Cl. The zero-order chi connectivity index (χ0) is 25.5. The van der Waals surface area contributed by atoms with E-state index >= 15 is 0 Å². The lowest BCUT2D eigenvalue weighted by Gasteiger charge is -2.20. The number of halogens is 2. The molecule has 0 unspecified atom stereocenters. The molecule has 2 N–H and O–H groups in total. The predicted molar refractivity (Wildman–Crippen MR) is 142 cm³/mol. The topological polar surface area (TPSA) is 84.5 Å². The molecule has 0 aromatic heterocycles. The number of benzene rings is 4. The highest BCUT2D eigenvalue weighted by molar-refractivity contribution is 7.89. The minimum Gasteiger partial charge on any atom is -0.455 e. The summed E-state index contributed by atoms with van der Waals surface area (Å²) in [4.78, 5) is 13.2. The van der Waals surface area contributed by atoms with Crippen LogP contribution in [0.2, 0.25) is 10.0 Å². The Morgan fingerprint density at radius 1 is 0.833 bits per heavy atom. The molecule has 0 radical (unpaired) electrons. The maximum absolute atomic E-state index is 13.4. The van der Waals surface area contributed by atoms with Gasteiger partial charge in [0.15, 0.2) is 5.75 Å². The molecule has 0 aliphatic carbocycles.